The van der Waals surface area contributed by atoms with Crippen LogP contribution in [-0.4, -0.2) is 38.0 Å². The van der Waals surface area contributed by atoms with Gasteiger partial charge in [-0.05, 0) is 36.8 Å². The van der Waals surface area contributed by atoms with E-state index in [1.54, 1.807) is 11.8 Å². The van der Waals surface area contributed by atoms with Gasteiger partial charge in [0.2, 0.25) is 0 Å². The number of aliphatic imine (C=N–C) groups is 1. The van der Waals surface area contributed by atoms with Gasteiger partial charge in [-0.1, -0.05) is 26.0 Å². The van der Waals surface area contributed by atoms with Crippen molar-refractivity contribution in [3.8, 4) is 0 Å². The van der Waals surface area contributed by atoms with Gasteiger partial charge in [0.15, 0.2) is 5.96 Å². The summed E-state index contributed by atoms with van der Waals surface area (Å²) >= 11 is 1.79. The summed E-state index contributed by atoms with van der Waals surface area (Å²) in [6.07, 6.45) is 3.67. The van der Waals surface area contributed by atoms with E-state index in [0.29, 0.717) is 18.1 Å². The molecule has 24 heavy (non-hydrogen) atoms. The summed E-state index contributed by atoms with van der Waals surface area (Å²) in [7, 11) is 1.84. The van der Waals surface area contributed by atoms with Crippen LogP contribution in [0.3, 0.4) is 0 Å². The highest BCUT2D eigenvalue weighted by Crippen LogP contribution is 2.52. The van der Waals surface area contributed by atoms with Crippen molar-refractivity contribution in [3.63, 3.8) is 0 Å². The second-order valence-corrected chi connectivity index (χ2v) is 8.28. The van der Waals surface area contributed by atoms with Crippen LogP contribution in [0, 0.1) is 18.3 Å². The van der Waals surface area contributed by atoms with Crippen molar-refractivity contribution in [2.75, 3.05) is 19.9 Å². The Kier molecular flexibility index (Phi) is 5.11. The fourth-order valence-electron chi connectivity index (χ4n) is 4.14. The van der Waals surface area contributed by atoms with E-state index in [9.17, 15) is 0 Å². The number of thioether (sulfide) groups is 1. The van der Waals surface area contributed by atoms with E-state index in [4.69, 9.17) is 4.74 Å². The minimum atomic E-state index is 0.160. The van der Waals surface area contributed by atoms with Gasteiger partial charge < -0.3 is 15.4 Å². The lowest BCUT2D eigenvalue weighted by molar-refractivity contribution is -0.106. The van der Waals surface area contributed by atoms with Crippen LogP contribution in [0.5, 0.6) is 0 Å². The summed E-state index contributed by atoms with van der Waals surface area (Å²) in [5, 5.41) is 7.12. The van der Waals surface area contributed by atoms with Crippen LogP contribution < -0.4 is 10.6 Å². The maximum absolute atomic E-state index is 5.88. The van der Waals surface area contributed by atoms with E-state index < -0.39 is 0 Å². The highest BCUT2D eigenvalue weighted by Gasteiger charge is 2.59. The molecule has 0 radical (unpaired) electrons. The molecule has 1 saturated heterocycles. The van der Waals surface area contributed by atoms with Crippen molar-refractivity contribution in [2.45, 2.75) is 50.8 Å². The van der Waals surface area contributed by atoms with E-state index in [1.165, 1.54) is 16.0 Å². The van der Waals surface area contributed by atoms with E-state index >= 15 is 0 Å². The topological polar surface area (TPSA) is 45.7 Å². The molecular weight excluding hydrogens is 318 g/mol. The van der Waals surface area contributed by atoms with Gasteiger partial charge in [0.1, 0.15) is 0 Å². The molecule has 1 saturated carbocycles. The molecule has 2 N–H and O–H groups in total. The highest BCUT2D eigenvalue weighted by atomic mass is 32.2. The monoisotopic (exact) mass is 347 g/mol. The Morgan fingerprint density at radius 1 is 1.42 bits per heavy atom. The molecule has 2 aliphatic rings. The number of fused-ring (bicyclic) bond motifs is 1. The molecule has 1 aliphatic carbocycles. The smallest absolute Gasteiger partial charge is 0.191 e. The Morgan fingerprint density at radius 2 is 2.21 bits per heavy atom. The van der Waals surface area contributed by atoms with Gasteiger partial charge in [-0.15, -0.1) is 11.8 Å². The van der Waals surface area contributed by atoms with Gasteiger partial charge in [0.25, 0.3) is 0 Å². The third-order valence-corrected chi connectivity index (χ3v) is 6.33. The van der Waals surface area contributed by atoms with Crippen molar-refractivity contribution < 1.29 is 4.74 Å². The van der Waals surface area contributed by atoms with Gasteiger partial charge in [-0.25, -0.2) is 0 Å². The third-order valence-electron chi connectivity index (χ3n) is 5.51. The maximum atomic E-state index is 5.88. The van der Waals surface area contributed by atoms with Gasteiger partial charge in [-0.2, -0.15) is 0 Å². The molecule has 2 fully saturated rings. The van der Waals surface area contributed by atoms with Crippen molar-refractivity contribution in [3.05, 3.63) is 29.3 Å². The normalized spacial score (nSPS) is 28.2. The molecule has 1 heterocycles. The molecule has 0 bridgehead atoms. The lowest BCUT2D eigenvalue weighted by Crippen LogP contribution is -2.67. The van der Waals surface area contributed by atoms with E-state index in [-0.39, 0.29) is 5.41 Å². The number of rotatable bonds is 4. The Balaban J connectivity index is 1.62. The Bertz CT molecular complexity index is 629. The van der Waals surface area contributed by atoms with Crippen molar-refractivity contribution >= 4 is 17.7 Å². The predicted octanol–water partition coefficient (Wildman–Crippen LogP) is 3.20. The van der Waals surface area contributed by atoms with Crippen LogP contribution in [0.2, 0.25) is 0 Å². The van der Waals surface area contributed by atoms with E-state index in [2.05, 4.69) is 60.9 Å². The molecule has 3 unspecified atom stereocenters. The summed E-state index contributed by atoms with van der Waals surface area (Å²) in [5.41, 5.74) is 2.77. The van der Waals surface area contributed by atoms with Gasteiger partial charge >= 0.3 is 0 Å². The van der Waals surface area contributed by atoms with Crippen molar-refractivity contribution in [1.29, 1.82) is 0 Å². The van der Waals surface area contributed by atoms with E-state index in [0.717, 1.165) is 25.5 Å². The molecule has 132 valence electrons. The summed E-state index contributed by atoms with van der Waals surface area (Å²) < 4.78 is 5.88. The van der Waals surface area contributed by atoms with Crippen LogP contribution in [-0.2, 0) is 11.3 Å². The molecule has 4 nitrogen and oxygen atoms in total. The molecular formula is C19H29N3OS. The summed E-state index contributed by atoms with van der Waals surface area (Å²) in [5.74, 6) is 1.49. The van der Waals surface area contributed by atoms with E-state index in [1.807, 2.05) is 7.05 Å². The van der Waals surface area contributed by atoms with Gasteiger partial charge in [-0.3, -0.25) is 4.99 Å². The number of hydrogen-bond acceptors (Lipinski definition) is 3. The second kappa shape index (κ2) is 6.96. The molecule has 1 aromatic carbocycles. The highest BCUT2D eigenvalue weighted by molar-refractivity contribution is 7.98. The van der Waals surface area contributed by atoms with Crippen LogP contribution in [0.15, 0.2) is 28.1 Å². The third kappa shape index (κ3) is 3.16. The number of ether oxygens (including phenoxy) is 1. The molecule has 0 aromatic heterocycles. The number of aryl methyl sites for hydroxylation is 1. The van der Waals surface area contributed by atoms with Crippen LogP contribution in [0.1, 0.15) is 31.4 Å². The maximum Gasteiger partial charge on any atom is 0.191 e. The lowest BCUT2D eigenvalue weighted by Gasteiger charge is -2.54. The van der Waals surface area contributed by atoms with Crippen LogP contribution in [0.4, 0.5) is 0 Å². The largest absolute Gasteiger partial charge is 0.377 e. The zero-order valence-corrected chi connectivity index (χ0v) is 16.2. The SMILES string of the molecule is CN=C(NCc1ccc(C)cc1SC)NC1C2CCOC2C1(C)C. The van der Waals surface area contributed by atoms with Crippen LogP contribution >= 0.6 is 11.8 Å². The summed E-state index contributed by atoms with van der Waals surface area (Å²) in [6, 6.07) is 7.04. The first-order valence-corrected chi connectivity index (χ1v) is 9.92. The van der Waals surface area contributed by atoms with Gasteiger partial charge in [0.05, 0.1) is 6.10 Å². The average Bonchev–Trinajstić information content (AvgIpc) is 3.02. The molecule has 1 aromatic rings. The first-order valence-electron chi connectivity index (χ1n) is 8.69. The van der Waals surface area contributed by atoms with Crippen LogP contribution in [0.25, 0.3) is 0 Å². The molecule has 3 atom stereocenters. The Morgan fingerprint density at radius 3 is 2.92 bits per heavy atom. The average molecular weight is 348 g/mol. The molecule has 1 aliphatic heterocycles. The fraction of sp³-hybridized carbons (Fsp3) is 0.632. The molecule has 0 spiro atoms. The number of nitrogens with one attached hydrogen (secondary N) is 2. The molecule has 3 rings (SSSR count). The lowest BCUT2D eigenvalue weighted by atomic mass is 9.57. The Hall–Kier alpha value is -1.20. The summed E-state index contributed by atoms with van der Waals surface area (Å²) in [6.45, 7) is 8.39. The zero-order valence-electron chi connectivity index (χ0n) is 15.3. The first-order chi connectivity index (χ1) is 11.5. The predicted molar refractivity (Wildman–Crippen MR) is 102 cm³/mol. The quantitative estimate of drug-likeness (QED) is 0.499. The standard InChI is InChI=1S/C19H29N3OS/c1-12-6-7-13(15(10-12)24-5)11-21-18(20-4)22-16-14-8-9-23-17(14)19(16,2)3/h6-7,10,14,16-17H,8-9,11H2,1-5H3,(H2,20,21,22). The number of hydrogen-bond donors (Lipinski definition) is 2. The Labute approximate surface area is 149 Å². The van der Waals surface area contributed by atoms with Crippen molar-refractivity contribution in [2.24, 2.45) is 16.3 Å². The number of guanidine groups is 1. The summed E-state index contributed by atoms with van der Waals surface area (Å²) in [4.78, 5) is 5.75. The van der Waals surface area contributed by atoms with Crippen molar-refractivity contribution in [1.82, 2.24) is 10.6 Å². The van der Waals surface area contributed by atoms with Gasteiger partial charge in [0, 0.05) is 42.5 Å². The minimum absolute atomic E-state index is 0.160. The molecule has 0 amide bonds. The fourth-order valence-corrected chi connectivity index (χ4v) is 4.84. The minimum Gasteiger partial charge on any atom is -0.377 e. The molecule has 5 heteroatoms. The first kappa shape index (κ1) is 17.6. The zero-order chi connectivity index (χ0) is 17.3. The number of nitrogens with zero attached hydrogens (tertiary/aromatic N) is 1. The number of benzene rings is 1. The second-order valence-electron chi connectivity index (χ2n) is 7.43.